The third-order valence-electron chi connectivity index (χ3n) is 4.72. The van der Waals surface area contributed by atoms with Crippen molar-refractivity contribution >= 4 is 32.9 Å². The molecule has 1 aromatic carbocycles. The summed E-state index contributed by atoms with van der Waals surface area (Å²) in [6.07, 6.45) is 3.31. The summed E-state index contributed by atoms with van der Waals surface area (Å²) >= 11 is 3.37. The van der Waals surface area contributed by atoms with Gasteiger partial charge in [0.05, 0.1) is 25.1 Å². The van der Waals surface area contributed by atoms with Crippen LogP contribution >= 0.6 is 15.9 Å². The number of nitrogens with zero attached hydrogens (tertiary/aromatic N) is 2. The lowest BCUT2D eigenvalue weighted by molar-refractivity contribution is 0.0691. The van der Waals surface area contributed by atoms with Crippen LogP contribution in [-0.2, 0) is 11.2 Å². The minimum absolute atomic E-state index is 0.0431. The number of aromatic nitrogens is 2. The summed E-state index contributed by atoms with van der Waals surface area (Å²) in [5.74, 6) is -1.48. The van der Waals surface area contributed by atoms with Crippen molar-refractivity contribution in [2.24, 2.45) is 10.4 Å². The number of aliphatic hydroxyl groups is 1. The highest BCUT2D eigenvalue weighted by atomic mass is 79.9. The molecule has 0 fully saturated rings. The predicted octanol–water partition coefficient (Wildman–Crippen LogP) is 4.37. The zero-order chi connectivity index (χ0) is 20.6. The number of aliphatic hydroxyl groups excluding tert-OH is 1. The third-order valence-corrected chi connectivity index (χ3v) is 5.34. The first-order chi connectivity index (χ1) is 13.9. The monoisotopic (exact) mass is 465 g/mol. The van der Waals surface area contributed by atoms with E-state index in [0.29, 0.717) is 40.1 Å². The SMILES string of the molecule is CC1(CO)CN=C(Cc2cc(F)c(Oc3ccnc4[nH]cc(Br)c34)c(F)c2)OC1. The zero-order valence-corrected chi connectivity index (χ0v) is 17.1. The van der Waals surface area contributed by atoms with Gasteiger partial charge in [-0.1, -0.05) is 6.92 Å². The Hall–Kier alpha value is -2.52. The molecule has 0 aliphatic carbocycles. The first-order valence-corrected chi connectivity index (χ1v) is 9.72. The molecule has 29 heavy (non-hydrogen) atoms. The molecule has 1 aliphatic heterocycles. The van der Waals surface area contributed by atoms with Crippen molar-refractivity contribution in [1.29, 1.82) is 0 Å². The fraction of sp³-hybridized carbons (Fsp3) is 0.300. The molecule has 6 nitrogen and oxygen atoms in total. The Morgan fingerprint density at radius 2 is 2.10 bits per heavy atom. The van der Waals surface area contributed by atoms with Gasteiger partial charge in [0.2, 0.25) is 0 Å². The van der Waals surface area contributed by atoms with Gasteiger partial charge in [0, 0.05) is 28.7 Å². The number of hydrogen-bond donors (Lipinski definition) is 2. The minimum atomic E-state index is -0.826. The van der Waals surface area contributed by atoms with Gasteiger partial charge >= 0.3 is 0 Å². The van der Waals surface area contributed by atoms with E-state index in [0.717, 1.165) is 0 Å². The number of H-pyrrole nitrogens is 1. The summed E-state index contributed by atoms with van der Waals surface area (Å²) < 4.78 is 41.1. The number of pyridine rings is 1. The van der Waals surface area contributed by atoms with Crippen LogP contribution < -0.4 is 4.74 Å². The Balaban J connectivity index is 1.57. The molecule has 0 amide bonds. The molecule has 3 heterocycles. The molecule has 1 atom stereocenters. The minimum Gasteiger partial charge on any atom is -0.480 e. The highest BCUT2D eigenvalue weighted by molar-refractivity contribution is 9.10. The molecule has 9 heteroatoms. The molecular formula is C20H18BrF2N3O3. The summed E-state index contributed by atoms with van der Waals surface area (Å²) in [4.78, 5) is 11.4. The highest BCUT2D eigenvalue weighted by Crippen LogP contribution is 2.36. The van der Waals surface area contributed by atoms with Crippen molar-refractivity contribution in [3.63, 3.8) is 0 Å². The van der Waals surface area contributed by atoms with Crippen molar-refractivity contribution in [1.82, 2.24) is 9.97 Å². The Morgan fingerprint density at radius 1 is 1.34 bits per heavy atom. The second-order valence-electron chi connectivity index (χ2n) is 7.30. The van der Waals surface area contributed by atoms with E-state index in [4.69, 9.17) is 9.47 Å². The Labute approximate surface area is 173 Å². The van der Waals surface area contributed by atoms with Crippen molar-refractivity contribution in [2.75, 3.05) is 19.8 Å². The van der Waals surface area contributed by atoms with Crippen LogP contribution in [0.1, 0.15) is 12.5 Å². The third kappa shape index (κ3) is 3.97. The maximum atomic E-state index is 14.6. The number of nitrogens with one attached hydrogen (secondary N) is 1. The van der Waals surface area contributed by atoms with Crippen LogP contribution in [0.25, 0.3) is 11.0 Å². The van der Waals surface area contributed by atoms with Crippen LogP contribution in [0.5, 0.6) is 11.5 Å². The fourth-order valence-electron chi connectivity index (χ4n) is 3.00. The maximum Gasteiger partial charge on any atom is 0.198 e. The van der Waals surface area contributed by atoms with E-state index in [1.54, 1.807) is 6.20 Å². The number of aromatic amines is 1. The molecule has 152 valence electrons. The molecule has 0 spiro atoms. The van der Waals surface area contributed by atoms with Gasteiger partial charge in [-0.05, 0) is 39.7 Å². The van der Waals surface area contributed by atoms with Gasteiger partial charge < -0.3 is 19.6 Å². The van der Waals surface area contributed by atoms with E-state index < -0.39 is 22.8 Å². The van der Waals surface area contributed by atoms with Crippen LogP contribution in [0.2, 0.25) is 0 Å². The van der Waals surface area contributed by atoms with Crippen LogP contribution in [0.4, 0.5) is 8.78 Å². The molecule has 1 unspecified atom stereocenters. The lowest BCUT2D eigenvalue weighted by Gasteiger charge is -2.30. The van der Waals surface area contributed by atoms with Crippen LogP contribution in [0, 0.1) is 17.0 Å². The predicted molar refractivity (Wildman–Crippen MR) is 107 cm³/mol. The van der Waals surface area contributed by atoms with Gasteiger partial charge in [-0.25, -0.2) is 13.8 Å². The molecule has 0 bridgehead atoms. The number of benzene rings is 1. The average molecular weight is 466 g/mol. The molecule has 4 rings (SSSR count). The molecule has 0 saturated heterocycles. The molecule has 0 saturated carbocycles. The van der Waals surface area contributed by atoms with Crippen molar-refractivity contribution in [3.8, 4) is 11.5 Å². The number of ether oxygens (including phenoxy) is 2. The quantitative estimate of drug-likeness (QED) is 0.586. The number of hydrogen-bond acceptors (Lipinski definition) is 5. The van der Waals surface area contributed by atoms with Crippen LogP contribution in [0.3, 0.4) is 0 Å². The van der Waals surface area contributed by atoms with E-state index >= 15 is 0 Å². The van der Waals surface area contributed by atoms with Gasteiger partial charge in [0.1, 0.15) is 11.4 Å². The van der Waals surface area contributed by atoms with Gasteiger partial charge in [-0.15, -0.1) is 0 Å². The summed E-state index contributed by atoms with van der Waals surface area (Å²) in [6.45, 7) is 2.52. The fourth-order valence-corrected chi connectivity index (χ4v) is 3.50. The lowest BCUT2D eigenvalue weighted by atomic mass is 9.92. The van der Waals surface area contributed by atoms with E-state index in [1.807, 2.05) is 6.92 Å². The van der Waals surface area contributed by atoms with Crippen LogP contribution in [-0.4, -0.2) is 40.7 Å². The topological polar surface area (TPSA) is 79.7 Å². The molecule has 2 aromatic heterocycles. The molecule has 0 radical (unpaired) electrons. The second kappa shape index (κ2) is 7.72. The maximum absolute atomic E-state index is 14.6. The summed E-state index contributed by atoms with van der Waals surface area (Å²) in [7, 11) is 0. The number of fused-ring (bicyclic) bond motifs is 1. The highest BCUT2D eigenvalue weighted by Gasteiger charge is 2.29. The van der Waals surface area contributed by atoms with Crippen molar-refractivity contribution < 1.29 is 23.4 Å². The first-order valence-electron chi connectivity index (χ1n) is 8.93. The second-order valence-corrected chi connectivity index (χ2v) is 8.16. The van der Waals surface area contributed by atoms with Gasteiger partial charge in [-0.2, -0.15) is 0 Å². The van der Waals surface area contributed by atoms with E-state index in [9.17, 15) is 13.9 Å². The Morgan fingerprint density at radius 3 is 2.76 bits per heavy atom. The summed E-state index contributed by atoms with van der Waals surface area (Å²) in [5, 5.41) is 9.94. The van der Waals surface area contributed by atoms with E-state index in [1.165, 1.54) is 24.4 Å². The average Bonchev–Trinajstić information content (AvgIpc) is 3.09. The summed E-state index contributed by atoms with van der Waals surface area (Å²) in [5.41, 5.74) is 0.482. The van der Waals surface area contributed by atoms with Crippen molar-refractivity contribution in [3.05, 3.63) is 52.3 Å². The Kier molecular flexibility index (Phi) is 5.26. The lowest BCUT2D eigenvalue weighted by Crippen LogP contribution is -2.36. The largest absolute Gasteiger partial charge is 0.480 e. The number of halogens is 3. The van der Waals surface area contributed by atoms with Crippen LogP contribution in [0.15, 0.2) is 40.1 Å². The smallest absolute Gasteiger partial charge is 0.198 e. The normalized spacial score (nSPS) is 19.1. The van der Waals surface area contributed by atoms with Crippen molar-refractivity contribution in [2.45, 2.75) is 13.3 Å². The van der Waals surface area contributed by atoms with Gasteiger partial charge in [0.25, 0.3) is 0 Å². The van der Waals surface area contributed by atoms with E-state index in [2.05, 4.69) is 30.9 Å². The molecule has 3 aromatic rings. The molecular weight excluding hydrogens is 448 g/mol. The van der Waals surface area contributed by atoms with Gasteiger partial charge in [-0.3, -0.25) is 4.99 Å². The Bertz CT molecular complexity index is 1080. The standard InChI is InChI=1S/C20H18BrF2N3O3/c1-20(9-27)8-26-16(28-10-20)6-11-4-13(22)18(14(23)5-11)29-15-2-3-24-19-17(15)12(21)7-25-19/h2-5,7,27H,6,8-10H2,1H3,(H,24,25). The summed E-state index contributed by atoms with van der Waals surface area (Å²) in [6, 6.07) is 3.94. The van der Waals surface area contributed by atoms with Gasteiger partial charge in [0.15, 0.2) is 23.3 Å². The zero-order valence-electron chi connectivity index (χ0n) is 15.5. The number of rotatable bonds is 5. The first kappa shape index (κ1) is 19.8. The number of aliphatic imine (C=N–C) groups is 1. The molecule has 1 aliphatic rings. The molecule has 2 N–H and O–H groups in total. The van der Waals surface area contributed by atoms with E-state index in [-0.39, 0.29) is 18.8 Å².